The summed E-state index contributed by atoms with van der Waals surface area (Å²) >= 11 is 0. The van der Waals surface area contributed by atoms with Gasteiger partial charge in [-0.1, -0.05) is 0 Å². The van der Waals surface area contributed by atoms with Crippen molar-refractivity contribution in [3.05, 3.63) is 24.0 Å². The fourth-order valence-electron chi connectivity index (χ4n) is 1.04. The monoisotopic (exact) mass is 244 g/mol. The average Bonchev–Trinajstić information content (AvgIpc) is 2.16. The third kappa shape index (κ3) is 4.26. The zero-order valence-corrected chi connectivity index (χ0v) is 9.49. The van der Waals surface area contributed by atoms with Crippen LogP contribution >= 0.6 is 0 Å². The Kier molecular flexibility index (Phi) is 3.83. The number of aromatic carboxylic acids is 1. The van der Waals surface area contributed by atoms with Crippen molar-refractivity contribution in [2.75, 3.05) is 23.9 Å². The van der Waals surface area contributed by atoms with E-state index in [0.29, 0.717) is 5.69 Å². The molecule has 0 atom stereocenters. The predicted octanol–water partition coefficient (Wildman–Crippen LogP) is 0.236. The lowest BCUT2D eigenvalue weighted by molar-refractivity contribution is 0.0690. The molecule has 0 saturated carbocycles. The van der Waals surface area contributed by atoms with Crippen LogP contribution in [0.1, 0.15) is 10.5 Å². The quantitative estimate of drug-likeness (QED) is 0.770. The number of carboxylic acids is 1. The molecule has 0 radical (unpaired) electrons. The lowest BCUT2D eigenvalue weighted by Crippen LogP contribution is -2.14. The Labute approximate surface area is 93.2 Å². The third-order valence-electron chi connectivity index (χ3n) is 1.78. The first-order valence-electron chi connectivity index (χ1n) is 4.49. The number of carbonyl (C=O) groups is 1. The SMILES string of the molecule is CS(=O)(=O)CCNc1ccnc(C(=O)O)c1. The number of nitrogens with one attached hydrogen (secondary N) is 1. The molecule has 0 fully saturated rings. The van der Waals surface area contributed by atoms with Gasteiger partial charge in [-0.2, -0.15) is 0 Å². The minimum atomic E-state index is -3.02. The van der Waals surface area contributed by atoms with Gasteiger partial charge in [-0.25, -0.2) is 18.2 Å². The Hall–Kier alpha value is -1.63. The lowest BCUT2D eigenvalue weighted by Gasteiger charge is -2.05. The number of anilines is 1. The van der Waals surface area contributed by atoms with Gasteiger partial charge >= 0.3 is 5.97 Å². The van der Waals surface area contributed by atoms with Crippen LogP contribution in [0, 0.1) is 0 Å². The highest BCUT2D eigenvalue weighted by Crippen LogP contribution is 2.07. The summed E-state index contributed by atoms with van der Waals surface area (Å²) in [5, 5.41) is 11.5. The van der Waals surface area contributed by atoms with E-state index >= 15 is 0 Å². The second-order valence-electron chi connectivity index (χ2n) is 3.29. The summed E-state index contributed by atoms with van der Waals surface area (Å²) < 4.78 is 21.7. The molecular formula is C9H12N2O4S. The summed E-state index contributed by atoms with van der Waals surface area (Å²) in [5.41, 5.74) is 0.459. The van der Waals surface area contributed by atoms with E-state index in [0.717, 1.165) is 6.26 Å². The summed E-state index contributed by atoms with van der Waals surface area (Å²) in [5.74, 6) is -1.12. The van der Waals surface area contributed by atoms with Gasteiger partial charge < -0.3 is 10.4 Å². The molecule has 0 saturated heterocycles. The van der Waals surface area contributed by atoms with Crippen LogP contribution in [0.3, 0.4) is 0 Å². The standard InChI is InChI=1S/C9H12N2O4S/c1-16(14,15)5-4-10-7-2-3-11-8(6-7)9(12)13/h2-3,6H,4-5H2,1H3,(H,10,11)(H,12,13). The van der Waals surface area contributed by atoms with E-state index in [2.05, 4.69) is 10.3 Å². The summed E-state index contributed by atoms with van der Waals surface area (Å²) in [6.07, 6.45) is 2.50. The van der Waals surface area contributed by atoms with Gasteiger partial charge in [0.2, 0.25) is 0 Å². The number of sulfone groups is 1. The fourth-order valence-corrected chi connectivity index (χ4v) is 1.51. The maximum absolute atomic E-state index is 10.9. The summed E-state index contributed by atoms with van der Waals surface area (Å²) in [4.78, 5) is 14.2. The number of aromatic nitrogens is 1. The van der Waals surface area contributed by atoms with Crippen LogP contribution in [0.25, 0.3) is 0 Å². The minimum absolute atomic E-state index is 0.00225. The second kappa shape index (κ2) is 4.93. The molecular weight excluding hydrogens is 232 g/mol. The van der Waals surface area contributed by atoms with Gasteiger partial charge in [0.25, 0.3) is 0 Å². The summed E-state index contributed by atoms with van der Waals surface area (Å²) in [7, 11) is -3.02. The van der Waals surface area contributed by atoms with Crippen molar-refractivity contribution in [3.8, 4) is 0 Å². The molecule has 0 amide bonds. The van der Waals surface area contributed by atoms with Crippen LogP contribution in [0.2, 0.25) is 0 Å². The van der Waals surface area contributed by atoms with Crippen LogP contribution in [0.4, 0.5) is 5.69 Å². The Morgan fingerprint density at radius 2 is 2.25 bits per heavy atom. The Morgan fingerprint density at radius 3 is 2.81 bits per heavy atom. The average molecular weight is 244 g/mol. The molecule has 0 aliphatic carbocycles. The number of rotatable bonds is 5. The third-order valence-corrected chi connectivity index (χ3v) is 2.73. The van der Waals surface area contributed by atoms with Crippen molar-refractivity contribution in [1.29, 1.82) is 0 Å². The number of nitrogens with zero attached hydrogens (tertiary/aromatic N) is 1. The molecule has 1 aromatic rings. The maximum Gasteiger partial charge on any atom is 0.354 e. The van der Waals surface area contributed by atoms with E-state index in [9.17, 15) is 13.2 Å². The highest BCUT2D eigenvalue weighted by atomic mass is 32.2. The largest absolute Gasteiger partial charge is 0.477 e. The first kappa shape index (κ1) is 12.4. The molecule has 7 heteroatoms. The first-order chi connectivity index (χ1) is 7.38. The predicted molar refractivity (Wildman–Crippen MR) is 59.4 cm³/mol. The van der Waals surface area contributed by atoms with Gasteiger partial charge in [0.1, 0.15) is 15.5 Å². The molecule has 1 aromatic heterocycles. The maximum atomic E-state index is 10.9. The highest BCUT2D eigenvalue weighted by Gasteiger charge is 2.05. The van der Waals surface area contributed by atoms with Gasteiger partial charge in [0.05, 0.1) is 5.75 Å². The van der Waals surface area contributed by atoms with Crippen LogP contribution in [0.5, 0.6) is 0 Å². The summed E-state index contributed by atoms with van der Waals surface area (Å²) in [6, 6.07) is 2.93. The van der Waals surface area contributed by atoms with Crippen LogP contribution < -0.4 is 5.32 Å². The van der Waals surface area contributed by atoms with E-state index in [1.165, 1.54) is 12.3 Å². The molecule has 2 N–H and O–H groups in total. The molecule has 1 rings (SSSR count). The first-order valence-corrected chi connectivity index (χ1v) is 6.55. The number of pyridine rings is 1. The van der Waals surface area contributed by atoms with Gasteiger partial charge in [-0.05, 0) is 12.1 Å². The molecule has 0 bridgehead atoms. The molecule has 6 nitrogen and oxygen atoms in total. The summed E-state index contributed by atoms with van der Waals surface area (Å²) in [6.45, 7) is 0.238. The normalized spacial score (nSPS) is 11.1. The van der Waals surface area contributed by atoms with Crippen molar-refractivity contribution in [3.63, 3.8) is 0 Å². The molecule has 0 unspecified atom stereocenters. The lowest BCUT2D eigenvalue weighted by atomic mass is 10.3. The van der Waals surface area contributed by atoms with Gasteiger partial charge in [-0.15, -0.1) is 0 Å². The molecule has 0 aromatic carbocycles. The van der Waals surface area contributed by atoms with E-state index in [1.54, 1.807) is 6.07 Å². The molecule has 0 aliphatic heterocycles. The smallest absolute Gasteiger partial charge is 0.354 e. The Balaban J connectivity index is 2.61. The van der Waals surface area contributed by atoms with Crippen LogP contribution in [-0.2, 0) is 9.84 Å². The van der Waals surface area contributed by atoms with Gasteiger partial charge in [-0.3, -0.25) is 0 Å². The van der Waals surface area contributed by atoms with E-state index in [1.807, 2.05) is 0 Å². The molecule has 0 spiro atoms. The van der Waals surface area contributed by atoms with Crippen molar-refractivity contribution < 1.29 is 18.3 Å². The topological polar surface area (TPSA) is 96.4 Å². The zero-order valence-electron chi connectivity index (χ0n) is 8.67. The van der Waals surface area contributed by atoms with Crippen molar-refractivity contribution >= 4 is 21.5 Å². The molecule has 16 heavy (non-hydrogen) atoms. The van der Waals surface area contributed by atoms with Crippen molar-refractivity contribution in [2.24, 2.45) is 0 Å². The van der Waals surface area contributed by atoms with Crippen molar-refractivity contribution in [2.45, 2.75) is 0 Å². The second-order valence-corrected chi connectivity index (χ2v) is 5.55. The minimum Gasteiger partial charge on any atom is -0.477 e. The van der Waals surface area contributed by atoms with E-state index < -0.39 is 15.8 Å². The highest BCUT2D eigenvalue weighted by molar-refractivity contribution is 7.90. The number of carboxylic acid groups (broad SMARTS) is 1. The van der Waals surface area contributed by atoms with Gasteiger partial charge in [0.15, 0.2) is 0 Å². The molecule has 1 heterocycles. The van der Waals surface area contributed by atoms with Crippen LogP contribution in [-0.4, -0.2) is 43.0 Å². The van der Waals surface area contributed by atoms with Crippen LogP contribution in [0.15, 0.2) is 18.3 Å². The van der Waals surface area contributed by atoms with E-state index in [-0.39, 0.29) is 18.0 Å². The Bertz CT molecular complexity index is 484. The zero-order chi connectivity index (χ0) is 12.2. The molecule has 88 valence electrons. The van der Waals surface area contributed by atoms with Crippen molar-refractivity contribution in [1.82, 2.24) is 4.98 Å². The number of hydrogen-bond donors (Lipinski definition) is 2. The Morgan fingerprint density at radius 1 is 1.56 bits per heavy atom. The fraction of sp³-hybridized carbons (Fsp3) is 0.333. The van der Waals surface area contributed by atoms with Gasteiger partial charge in [0, 0.05) is 24.7 Å². The molecule has 0 aliphatic rings. The number of hydrogen-bond acceptors (Lipinski definition) is 5. The van der Waals surface area contributed by atoms with E-state index in [4.69, 9.17) is 5.11 Å².